The summed E-state index contributed by atoms with van der Waals surface area (Å²) < 4.78 is 0. The molecule has 0 saturated carbocycles. The van der Waals surface area contributed by atoms with Gasteiger partial charge in [-0.25, -0.2) is 4.98 Å². The maximum Gasteiger partial charge on any atom is 0.125 e. The van der Waals surface area contributed by atoms with Gasteiger partial charge < -0.3 is 11.1 Å². The number of hydrogen-bond donors (Lipinski definition) is 2. The van der Waals surface area contributed by atoms with E-state index >= 15 is 0 Å². The number of anilines is 1. The second-order valence-corrected chi connectivity index (χ2v) is 2.96. The van der Waals surface area contributed by atoms with Gasteiger partial charge in [-0.05, 0) is 31.0 Å². The predicted octanol–water partition coefficient (Wildman–Crippen LogP) is 1.45. The molecule has 0 aliphatic heterocycles. The van der Waals surface area contributed by atoms with E-state index in [2.05, 4.69) is 10.3 Å². The number of rotatable bonds is 2. The van der Waals surface area contributed by atoms with Crippen LogP contribution in [0.15, 0.2) is 12.3 Å². The number of hydrogen-bond acceptors (Lipinski definition) is 3. The SMILES string of the molecule is CNc1cc(C)c([C@@H](C)N)cn1. The summed E-state index contributed by atoms with van der Waals surface area (Å²) in [5, 5.41) is 2.98. The summed E-state index contributed by atoms with van der Waals surface area (Å²) >= 11 is 0. The van der Waals surface area contributed by atoms with Crippen LogP contribution >= 0.6 is 0 Å². The number of nitrogens with two attached hydrogens (primary N) is 1. The zero-order valence-corrected chi connectivity index (χ0v) is 7.76. The van der Waals surface area contributed by atoms with E-state index in [0.29, 0.717) is 0 Å². The maximum absolute atomic E-state index is 5.75. The van der Waals surface area contributed by atoms with Crippen LogP contribution in [0.25, 0.3) is 0 Å². The average molecular weight is 165 g/mol. The van der Waals surface area contributed by atoms with Crippen molar-refractivity contribution in [2.45, 2.75) is 19.9 Å². The molecule has 3 nitrogen and oxygen atoms in total. The molecule has 12 heavy (non-hydrogen) atoms. The third-order valence-corrected chi connectivity index (χ3v) is 1.90. The van der Waals surface area contributed by atoms with Crippen LogP contribution in [-0.4, -0.2) is 12.0 Å². The first-order valence-electron chi connectivity index (χ1n) is 4.05. The lowest BCUT2D eigenvalue weighted by Crippen LogP contribution is -2.08. The molecular weight excluding hydrogens is 150 g/mol. The molecule has 1 aromatic heterocycles. The molecule has 0 unspecified atom stereocenters. The van der Waals surface area contributed by atoms with Crippen molar-refractivity contribution in [3.63, 3.8) is 0 Å². The van der Waals surface area contributed by atoms with E-state index in [1.54, 1.807) is 0 Å². The van der Waals surface area contributed by atoms with Crippen LogP contribution in [0.5, 0.6) is 0 Å². The highest BCUT2D eigenvalue weighted by molar-refractivity contribution is 5.40. The van der Waals surface area contributed by atoms with Crippen molar-refractivity contribution < 1.29 is 0 Å². The monoisotopic (exact) mass is 165 g/mol. The smallest absolute Gasteiger partial charge is 0.125 e. The lowest BCUT2D eigenvalue weighted by molar-refractivity contribution is 0.803. The largest absolute Gasteiger partial charge is 0.373 e. The second-order valence-electron chi connectivity index (χ2n) is 2.96. The topological polar surface area (TPSA) is 50.9 Å². The lowest BCUT2D eigenvalue weighted by atomic mass is 10.1. The summed E-state index contributed by atoms with van der Waals surface area (Å²) in [6.45, 7) is 4.00. The number of aromatic nitrogens is 1. The normalized spacial score (nSPS) is 12.7. The van der Waals surface area contributed by atoms with Crippen LogP contribution < -0.4 is 11.1 Å². The Morgan fingerprint density at radius 2 is 2.25 bits per heavy atom. The summed E-state index contributed by atoms with van der Waals surface area (Å²) in [7, 11) is 1.85. The Kier molecular flexibility index (Phi) is 2.65. The average Bonchev–Trinajstić information content (AvgIpc) is 2.03. The highest BCUT2D eigenvalue weighted by Crippen LogP contribution is 2.16. The molecular formula is C9H15N3. The minimum atomic E-state index is 0.0587. The van der Waals surface area contributed by atoms with Gasteiger partial charge in [-0.1, -0.05) is 0 Å². The first kappa shape index (κ1) is 9.00. The second kappa shape index (κ2) is 3.54. The van der Waals surface area contributed by atoms with E-state index in [-0.39, 0.29) is 6.04 Å². The van der Waals surface area contributed by atoms with Gasteiger partial charge in [0.15, 0.2) is 0 Å². The first-order chi connectivity index (χ1) is 5.65. The summed E-state index contributed by atoms with van der Waals surface area (Å²) in [4.78, 5) is 4.19. The first-order valence-corrected chi connectivity index (χ1v) is 4.05. The molecule has 0 fully saturated rings. The number of nitrogens with zero attached hydrogens (tertiary/aromatic N) is 1. The van der Waals surface area contributed by atoms with E-state index in [1.807, 2.05) is 33.2 Å². The lowest BCUT2D eigenvalue weighted by Gasteiger charge is -2.09. The molecule has 0 radical (unpaired) electrons. The molecule has 0 bridgehead atoms. The van der Waals surface area contributed by atoms with Gasteiger partial charge in [-0.2, -0.15) is 0 Å². The van der Waals surface area contributed by atoms with Gasteiger partial charge in [0, 0.05) is 19.3 Å². The van der Waals surface area contributed by atoms with Crippen molar-refractivity contribution in [2.24, 2.45) is 5.73 Å². The van der Waals surface area contributed by atoms with Gasteiger partial charge in [-0.3, -0.25) is 0 Å². The van der Waals surface area contributed by atoms with Gasteiger partial charge in [0.25, 0.3) is 0 Å². The molecule has 0 aliphatic rings. The van der Waals surface area contributed by atoms with Crippen molar-refractivity contribution >= 4 is 5.82 Å². The molecule has 0 spiro atoms. The predicted molar refractivity (Wildman–Crippen MR) is 51.1 cm³/mol. The van der Waals surface area contributed by atoms with E-state index in [4.69, 9.17) is 5.73 Å². The highest BCUT2D eigenvalue weighted by atomic mass is 14.9. The van der Waals surface area contributed by atoms with Crippen LogP contribution in [0.1, 0.15) is 24.1 Å². The minimum Gasteiger partial charge on any atom is -0.373 e. The van der Waals surface area contributed by atoms with Crippen molar-refractivity contribution in [1.29, 1.82) is 0 Å². The van der Waals surface area contributed by atoms with Crippen LogP contribution in [0, 0.1) is 6.92 Å². The molecule has 1 heterocycles. The molecule has 66 valence electrons. The molecule has 1 atom stereocenters. The molecule has 0 aliphatic carbocycles. The van der Waals surface area contributed by atoms with Crippen LogP contribution in [-0.2, 0) is 0 Å². The molecule has 0 amide bonds. The fourth-order valence-electron chi connectivity index (χ4n) is 1.18. The Hall–Kier alpha value is -1.09. The van der Waals surface area contributed by atoms with E-state index < -0.39 is 0 Å². The van der Waals surface area contributed by atoms with Crippen molar-refractivity contribution in [3.8, 4) is 0 Å². The zero-order chi connectivity index (χ0) is 9.14. The van der Waals surface area contributed by atoms with Crippen molar-refractivity contribution in [3.05, 3.63) is 23.4 Å². The van der Waals surface area contributed by atoms with E-state index in [9.17, 15) is 0 Å². The third kappa shape index (κ3) is 1.74. The Labute approximate surface area is 73.0 Å². The summed E-state index contributed by atoms with van der Waals surface area (Å²) in [6.07, 6.45) is 1.83. The number of nitrogens with one attached hydrogen (secondary N) is 1. The number of pyridine rings is 1. The number of aryl methyl sites for hydroxylation is 1. The summed E-state index contributed by atoms with van der Waals surface area (Å²) in [6, 6.07) is 2.06. The van der Waals surface area contributed by atoms with Crippen LogP contribution in [0.3, 0.4) is 0 Å². The van der Waals surface area contributed by atoms with Crippen LogP contribution in [0.4, 0.5) is 5.82 Å². The van der Waals surface area contributed by atoms with E-state index in [1.165, 1.54) is 5.56 Å². The summed E-state index contributed by atoms with van der Waals surface area (Å²) in [5.74, 6) is 0.886. The molecule has 0 aromatic carbocycles. The van der Waals surface area contributed by atoms with Gasteiger partial charge in [0.1, 0.15) is 5.82 Å². The Morgan fingerprint density at radius 3 is 2.67 bits per heavy atom. The van der Waals surface area contributed by atoms with Crippen molar-refractivity contribution in [2.75, 3.05) is 12.4 Å². The fourth-order valence-corrected chi connectivity index (χ4v) is 1.18. The van der Waals surface area contributed by atoms with Gasteiger partial charge in [0.05, 0.1) is 0 Å². The molecule has 1 rings (SSSR count). The van der Waals surface area contributed by atoms with Gasteiger partial charge >= 0.3 is 0 Å². The summed E-state index contributed by atoms with van der Waals surface area (Å²) in [5.41, 5.74) is 8.04. The van der Waals surface area contributed by atoms with Crippen LogP contribution in [0.2, 0.25) is 0 Å². The van der Waals surface area contributed by atoms with Gasteiger partial charge in [-0.15, -0.1) is 0 Å². The quantitative estimate of drug-likeness (QED) is 0.697. The Bertz CT molecular complexity index is 268. The third-order valence-electron chi connectivity index (χ3n) is 1.90. The van der Waals surface area contributed by atoms with E-state index in [0.717, 1.165) is 11.4 Å². The Balaban J connectivity index is 3.03. The van der Waals surface area contributed by atoms with Crippen molar-refractivity contribution in [1.82, 2.24) is 4.98 Å². The molecule has 3 heteroatoms. The minimum absolute atomic E-state index is 0.0587. The van der Waals surface area contributed by atoms with Gasteiger partial charge in [0.2, 0.25) is 0 Å². The fraction of sp³-hybridized carbons (Fsp3) is 0.444. The molecule has 1 aromatic rings. The highest BCUT2D eigenvalue weighted by Gasteiger charge is 2.03. The maximum atomic E-state index is 5.75. The Morgan fingerprint density at radius 1 is 1.58 bits per heavy atom. The molecule has 0 saturated heterocycles. The molecule has 3 N–H and O–H groups in total. The standard InChI is InChI=1S/C9H15N3/c1-6-4-9(11-3)12-5-8(6)7(2)10/h4-5,7H,10H2,1-3H3,(H,11,12)/t7-/m1/s1. The zero-order valence-electron chi connectivity index (χ0n) is 7.76.